The summed E-state index contributed by atoms with van der Waals surface area (Å²) in [5.74, 6) is 0.203. The van der Waals surface area contributed by atoms with E-state index < -0.39 is 5.97 Å². The predicted octanol–water partition coefficient (Wildman–Crippen LogP) is 5.19. The van der Waals surface area contributed by atoms with Crippen LogP contribution in [0.1, 0.15) is 32.0 Å². The summed E-state index contributed by atoms with van der Waals surface area (Å²) in [6.45, 7) is 1.74. The molecule has 0 bridgehead atoms. The Bertz CT molecular complexity index is 1080. The van der Waals surface area contributed by atoms with Gasteiger partial charge in [0.25, 0.3) is 0 Å². The van der Waals surface area contributed by atoms with Gasteiger partial charge in [-0.1, -0.05) is 28.1 Å². The number of carbonyl (C=O) groups excluding carboxylic acids is 2. The van der Waals surface area contributed by atoms with Gasteiger partial charge in [-0.3, -0.25) is 4.79 Å². The second-order valence-corrected chi connectivity index (χ2v) is 6.84. The molecule has 27 heavy (non-hydrogen) atoms. The van der Waals surface area contributed by atoms with Gasteiger partial charge >= 0.3 is 5.97 Å². The second kappa shape index (κ2) is 6.89. The van der Waals surface area contributed by atoms with E-state index in [1.165, 1.54) is 12.3 Å². The van der Waals surface area contributed by atoms with Crippen LogP contribution in [0.5, 0.6) is 11.5 Å². The fraction of sp³-hybridized carbons (Fsp3) is 0.0476. The molecule has 0 atom stereocenters. The summed E-state index contributed by atoms with van der Waals surface area (Å²) >= 11 is 3.40. The molecule has 0 aliphatic carbocycles. The molecule has 2 aromatic carbocycles. The Morgan fingerprint density at radius 1 is 1.15 bits per heavy atom. The smallest absolute Gasteiger partial charge is 0.379 e. The van der Waals surface area contributed by atoms with Gasteiger partial charge in [-0.05, 0) is 55.0 Å². The Balaban J connectivity index is 1.64. The van der Waals surface area contributed by atoms with Crippen LogP contribution in [0.25, 0.3) is 6.08 Å². The van der Waals surface area contributed by atoms with Crippen molar-refractivity contribution in [3.05, 3.63) is 87.5 Å². The van der Waals surface area contributed by atoms with Gasteiger partial charge in [-0.15, -0.1) is 0 Å². The Morgan fingerprint density at radius 2 is 2.00 bits per heavy atom. The van der Waals surface area contributed by atoms with Crippen molar-refractivity contribution in [3.8, 4) is 11.5 Å². The van der Waals surface area contributed by atoms with E-state index in [1.807, 2.05) is 24.3 Å². The number of allylic oxidation sites excluding steroid dienone is 1. The number of hydrogen-bond donors (Lipinski definition) is 0. The predicted molar refractivity (Wildman–Crippen MR) is 102 cm³/mol. The lowest BCUT2D eigenvalue weighted by Gasteiger charge is -2.09. The van der Waals surface area contributed by atoms with Gasteiger partial charge in [-0.2, -0.15) is 0 Å². The van der Waals surface area contributed by atoms with Crippen LogP contribution in [0, 0.1) is 6.92 Å². The zero-order valence-electron chi connectivity index (χ0n) is 14.2. The first-order valence-corrected chi connectivity index (χ1v) is 8.91. The number of ether oxygens (including phenoxy) is 2. The molecule has 1 aromatic heterocycles. The summed E-state index contributed by atoms with van der Waals surface area (Å²) in [6, 6.07) is 13.8. The lowest BCUT2D eigenvalue weighted by molar-refractivity contribution is 0.0700. The van der Waals surface area contributed by atoms with Crippen molar-refractivity contribution in [1.29, 1.82) is 0 Å². The van der Waals surface area contributed by atoms with Crippen LogP contribution in [-0.2, 0) is 0 Å². The highest BCUT2D eigenvalue weighted by Crippen LogP contribution is 2.39. The molecule has 1 aliphatic rings. The maximum atomic E-state index is 12.6. The van der Waals surface area contributed by atoms with Gasteiger partial charge in [0.2, 0.25) is 11.5 Å². The summed E-state index contributed by atoms with van der Waals surface area (Å²) < 4.78 is 17.1. The number of carbonyl (C=O) groups is 2. The van der Waals surface area contributed by atoms with Crippen LogP contribution >= 0.6 is 15.9 Å². The monoisotopic (exact) mass is 424 g/mol. The third-order valence-corrected chi connectivity index (χ3v) is 4.60. The van der Waals surface area contributed by atoms with Gasteiger partial charge in [0.05, 0.1) is 11.8 Å². The van der Waals surface area contributed by atoms with E-state index in [0.29, 0.717) is 22.6 Å². The van der Waals surface area contributed by atoms with Gasteiger partial charge in [0.1, 0.15) is 11.5 Å². The minimum absolute atomic E-state index is 0.0992. The minimum atomic E-state index is -0.614. The Hall–Kier alpha value is -3.12. The summed E-state index contributed by atoms with van der Waals surface area (Å²) in [5.41, 5.74) is 1.84. The van der Waals surface area contributed by atoms with Crippen molar-refractivity contribution < 1.29 is 23.5 Å². The quantitative estimate of drug-likeness (QED) is 0.329. The number of fused-ring (bicyclic) bond motifs is 1. The maximum Gasteiger partial charge on any atom is 0.379 e. The molecule has 134 valence electrons. The number of furan rings is 1. The third kappa shape index (κ3) is 3.31. The zero-order valence-corrected chi connectivity index (χ0v) is 15.8. The Labute approximate surface area is 163 Å². The molecule has 2 heterocycles. The molecular weight excluding hydrogens is 412 g/mol. The van der Waals surface area contributed by atoms with Crippen molar-refractivity contribution in [2.24, 2.45) is 0 Å². The first-order chi connectivity index (χ1) is 13.0. The van der Waals surface area contributed by atoms with E-state index in [4.69, 9.17) is 13.9 Å². The topological polar surface area (TPSA) is 65.7 Å². The van der Waals surface area contributed by atoms with Crippen molar-refractivity contribution >= 4 is 33.8 Å². The number of ketones is 1. The summed E-state index contributed by atoms with van der Waals surface area (Å²) in [5, 5.41) is 0. The molecule has 0 N–H and O–H groups in total. The van der Waals surface area contributed by atoms with Crippen LogP contribution in [0.15, 0.2) is 69.4 Å². The average molecular weight is 425 g/mol. The van der Waals surface area contributed by atoms with E-state index in [-0.39, 0.29) is 17.3 Å². The molecule has 0 unspecified atom stereocenters. The number of halogens is 1. The first-order valence-electron chi connectivity index (χ1n) is 8.12. The van der Waals surface area contributed by atoms with E-state index in [9.17, 15) is 9.59 Å². The molecular formula is C21H13BrO5. The second-order valence-electron chi connectivity index (χ2n) is 5.93. The molecule has 0 radical (unpaired) electrons. The van der Waals surface area contributed by atoms with Gasteiger partial charge in [-0.25, -0.2) is 4.79 Å². The fourth-order valence-electron chi connectivity index (χ4n) is 2.77. The van der Waals surface area contributed by atoms with Gasteiger partial charge in [0, 0.05) is 10.0 Å². The van der Waals surface area contributed by atoms with Gasteiger partial charge < -0.3 is 13.9 Å². The highest BCUT2D eigenvalue weighted by atomic mass is 79.9. The number of Topliss-reactive ketones (excluding diaryl/α,β-unsaturated/α-hetero) is 1. The lowest BCUT2D eigenvalue weighted by atomic mass is 10.1. The van der Waals surface area contributed by atoms with Crippen molar-refractivity contribution in [2.75, 3.05) is 0 Å². The molecule has 0 amide bonds. The lowest BCUT2D eigenvalue weighted by Crippen LogP contribution is -2.08. The molecule has 1 aliphatic heterocycles. The molecule has 0 saturated heterocycles. The molecule has 0 fully saturated rings. The van der Waals surface area contributed by atoms with Crippen LogP contribution in [0.2, 0.25) is 0 Å². The van der Waals surface area contributed by atoms with E-state index in [1.54, 1.807) is 31.2 Å². The molecule has 3 aromatic rings. The standard InChI is InChI=1S/C21H13BrO5/c1-12-16(27-21(24)17-6-3-9-25-17)8-7-15-19(23)18(26-20(12)15)11-13-4-2-5-14(22)10-13/h2-11H,1H3/b18-11-. The zero-order chi connectivity index (χ0) is 19.0. The highest BCUT2D eigenvalue weighted by molar-refractivity contribution is 9.10. The Morgan fingerprint density at radius 3 is 2.74 bits per heavy atom. The molecule has 0 spiro atoms. The largest absolute Gasteiger partial charge is 0.457 e. The maximum absolute atomic E-state index is 12.6. The van der Waals surface area contributed by atoms with Crippen molar-refractivity contribution in [1.82, 2.24) is 0 Å². The fourth-order valence-corrected chi connectivity index (χ4v) is 3.19. The Kier molecular flexibility index (Phi) is 4.41. The number of benzene rings is 2. The molecule has 4 rings (SSSR count). The van der Waals surface area contributed by atoms with E-state index in [2.05, 4.69) is 15.9 Å². The van der Waals surface area contributed by atoms with Crippen molar-refractivity contribution in [2.45, 2.75) is 6.92 Å². The van der Waals surface area contributed by atoms with E-state index in [0.717, 1.165) is 10.0 Å². The highest BCUT2D eigenvalue weighted by Gasteiger charge is 2.30. The van der Waals surface area contributed by atoms with Gasteiger partial charge in [0.15, 0.2) is 5.76 Å². The van der Waals surface area contributed by atoms with Crippen LogP contribution in [-0.4, -0.2) is 11.8 Å². The molecule has 0 saturated carbocycles. The van der Waals surface area contributed by atoms with Crippen LogP contribution in [0.4, 0.5) is 0 Å². The normalized spacial score (nSPS) is 14.1. The number of rotatable bonds is 3. The van der Waals surface area contributed by atoms with Crippen LogP contribution < -0.4 is 9.47 Å². The average Bonchev–Trinajstić information content (AvgIpc) is 3.28. The molecule has 6 heteroatoms. The number of esters is 1. The summed E-state index contributed by atoms with van der Waals surface area (Å²) in [7, 11) is 0. The minimum Gasteiger partial charge on any atom is -0.457 e. The third-order valence-electron chi connectivity index (χ3n) is 4.11. The van der Waals surface area contributed by atoms with E-state index >= 15 is 0 Å². The first kappa shape index (κ1) is 17.3. The summed E-state index contributed by atoms with van der Waals surface area (Å²) in [4.78, 5) is 24.7. The number of hydrogen-bond acceptors (Lipinski definition) is 5. The van der Waals surface area contributed by atoms with Crippen molar-refractivity contribution in [3.63, 3.8) is 0 Å². The summed E-state index contributed by atoms with van der Waals surface area (Å²) in [6.07, 6.45) is 3.08. The SMILES string of the molecule is Cc1c(OC(=O)c2ccco2)ccc2c1O/C(=C\c1cccc(Br)c1)C2=O. The van der Waals surface area contributed by atoms with Crippen LogP contribution in [0.3, 0.4) is 0 Å². The molecule has 5 nitrogen and oxygen atoms in total.